The molecule has 31 heavy (non-hydrogen) atoms. The molecule has 0 bridgehead atoms. The van der Waals surface area contributed by atoms with Gasteiger partial charge in [0, 0.05) is 18.9 Å². The molecule has 0 rings (SSSR count). The lowest BCUT2D eigenvalue weighted by atomic mass is 10.0. The second-order valence-corrected chi connectivity index (χ2v) is 8.73. The first-order chi connectivity index (χ1) is 14.8. The minimum Gasteiger partial charge on any atom is -0.370 e. The molecule has 0 saturated heterocycles. The topological polar surface area (TPSA) is 118 Å². The molecule has 180 valence electrons. The molecule has 2 atom stereocenters. The minimum absolute atomic E-state index is 0.0510. The second-order valence-electron chi connectivity index (χ2n) is 8.73. The standard InChI is InChI=1S/C24H45N3O4/c1-4-5-6-7-8-9-10-11-12-13-14-15-23(30)27-21(18-22(25)29)24(31)26-19(2)16-17-20(3)28/h19,21H,4-18H2,1-3H3,(H2,25,29)(H,26,31)(H,27,30)/t19-,21+/m0/s1. The van der Waals surface area contributed by atoms with Gasteiger partial charge in [-0.2, -0.15) is 0 Å². The number of rotatable bonds is 20. The maximum atomic E-state index is 12.4. The first-order valence-electron chi connectivity index (χ1n) is 12.1. The van der Waals surface area contributed by atoms with Crippen molar-refractivity contribution in [3.8, 4) is 0 Å². The molecule has 0 spiro atoms. The third-order valence-electron chi connectivity index (χ3n) is 5.38. The Kier molecular flexibility index (Phi) is 17.7. The average molecular weight is 440 g/mol. The zero-order valence-corrected chi connectivity index (χ0v) is 20.0. The molecule has 0 aromatic heterocycles. The zero-order chi connectivity index (χ0) is 23.5. The molecular weight excluding hydrogens is 394 g/mol. The van der Waals surface area contributed by atoms with E-state index >= 15 is 0 Å². The van der Waals surface area contributed by atoms with Gasteiger partial charge in [0.15, 0.2) is 0 Å². The number of hydrogen-bond donors (Lipinski definition) is 3. The van der Waals surface area contributed by atoms with Crippen LogP contribution in [-0.4, -0.2) is 35.6 Å². The largest absolute Gasteiger partial charge is 0.370 e. The summed E-state index contributed by atoms with van der Waals surface area (Å²) in [6.45, 7) is 5.51. The summed E-state index contributed by atoms with van der Waals surface area (Å²) >= 11 is 0. The van der Waals surface area contributed by atoms with Gasteiger partial charge in [-0.05, 0) is 26.7 Å². The summed E-state index contributed by atoms with van der Waals surface area (Å²) in [6, 6.07) is -1.20. The Labute approximate surface area is 188 Å². The number of ketones is 1. The molecule has 3 amide bonds. The lowest BCUT2D eigenvalue weighted by Gasteiger charge is -2.20. The molecule has 0 fully saturated rings. The summed E-state index contributed by atoms with van der Waals surface area (Å²) in [4.78, 5) is 47.0. The number of Topliss-reactive ketones (excluding diaryl/α,β-unsaturated/α-hetero) is 1. The van der Waals surface area contributed by atoms with Crippen LogP contribution in [0.1, 0.15) is 117 Å². The van der Waals surface area contributed by atoms with Crippen molar-refractivity contribution in [2.45, 2.75) is 129 Å². The van der Waals surface area contributed by atoms with Crippen LogP contribution in [0.15, 0.2) is 0 Å². The van der Waals surface area contributed by atoms with Gasteiger partial charge in [-0.1, -0.05) is 71.1 Å². The molecule has 0 aromatic carbocycles. The van der Waals surface area contributed by atoms with Crippen LogP contribution in [0.4, 0.5) is 0 Å². The van der Waals surface area contributed by atoms with Gasteiger partial charge in [-0.15, -0.1) is 0 Å². The lowest BCUT2D eigenvalue weighted by Crippen LogP contribution is -2.50. The quantitative estimate of drug-likeness (QED) is 0.249. The van der Waals surface area contributed by atoms with Gasteiger partial charge in [0.05, 0.1) is 6.42 Å². The average Bonchev–Trinajstić information content (AvgIpc) is 2.69. The summed E-state index contributed by atoms with van der Waals surface area (Å²) in [5, 5.41) is 5.38. The van der Waals surface area contributed by atoms with Crippen molar-refractivity contribution in [3.05, 3.63) is 0 Å². The Morgan fingerprint density at radius 2 is 1.29 bits per heavy atom. The highest BCUT2D eigenvalue weighted by Crippen LogP contribution is 2.12. The van der Waals surface area contributed by atoms with Crippen LogP contribution < -0.4 is 16.4 Å². The van der Waals surface area contributed by atoms with E-state index in [0.717, 1.165) is 19.3 Å². The summed E-state index contributed by atoms with van der Waals surface area (Å²) < 4.78 is 0. The summed E-state index contributed by atoms with van der Waals surface area (Å²) in [6.07, 6.45) is 14.2. The number of nitrogens with two attached hydrogens (primary N) is 1. The molecule has 0 unspecified atom stereocenters. The van der Waals surface area contributed by atoms with E-state index in [1.165, 1.54) is 58.3 Å². The number of amides is 3. The van der Waals surface area contributed by atoms with Gasteiger partial charge in [-0.25, -0.2) is 0 Å². The molecule has 0 aliphatic rings. The zero-order valence-electron chi connectivity index (χ0n) is 20.0. The van der Waals surface area contributed by atoms with Crippen molar-refractivity contribution in [2.75, 3.05) is 0 Å². The fourth-order valence-electron chi connectivity index (χ4n) is 3.46. The molecule has 0 aliphatic heterocycles. The van der Waals surface area contributed by atoms with E-state index in [9.17, 15) is 19.2 Å². The highest BCUT2D eigenvalue weighted by atomic mass is 16.2. The van der Waals surface area contributed by atoms with Crippen LogP contribution in [0.2, 0.25) is 0 Å². The van der Waals surface area contributed by atoms with Gasteiger partial charge >= 0.3 is 0 Å². The van der Waals surface area contributed by atoms with Gasteiger partial charge in [0.1, 0.15) is 11.8 Å². The predicted molar refractivity (Wildman–Crippen MR) is 124 cm³/mol. The molecule has 0 aliphatic carbocycles. The van der Waals surface area contributed by atoms with E-state index in [4.69, 9.17) is 5.73 Å². The third-order valence-corrected chi connectivity index (χ3v) is 5.38. The van der Waals surface area contributed by atoms with E-state index in [-0.39, 0.29) is 24.2 Å². The van der Waals surface area contributed by atoms with Crippen molar-refractivity contribution in [2.24, 2.45) is 5.73 Å². The highest BCUT2D eigenvalue weighted by molar-refractivity contribution is 5.91. The van der Waals surface area contributed by atoms with Gasteiger partial charge in [0.25, 0.3) is 0 Å². The predicted octanol–water partition coefficient (Wildman–Crippen LogP) is 3.92. The maximum absolute atomic E-state index is 12.4. The van der Waals surface area contributed by atoms with Crippen molar-refractivity contribution in [1.29, 1.82) is 0 Å². The number of carbonyl (C=O) groups is 4. The molecule has 0 saturated carbocycles. The fourth-order valence-corrected chi connectivity index (χ4v) is 3.46. The molecule has 7 nitrogen and oxygen atoms in total. The molecule has 7 heteroatoms. The van der Waals surface area contributed by atoms with Crippen LogP contribution in [0.3, 0.4) is 0 Å². The number of nitrogens with one attached hydrogen (secondary N) is 2. The van der Waals surface area contributed by atoms with Crippen molar-refractivity contribution in [1.82, 2.24) is 10.6 Å². The van der Waals surface area contributed by atoms with Crippen LogP contribution in [0, 0.1) is 0 Å². The Bertz CT molecular complexity index is 537. The molecule has 4 N–H and O–H groups in total. The number of unbranched alkanes of at least 4 members (excludes halogenated alkanes) is 10. The van der Waals surface area contributed by atoms with Gasteiger partial charge in [-0.3, -0.25) is 14.4 Å². The van der Waals surface area contributed by atoms with E-state index in [2.05, 4.69) is 17.6 Å². The van der Waals surface area contributed by atoms with Crippen LogP contribution in [0.5, 0.6) is 0 Å². The number of hydrogen-bond acceptors (Lipinski definition) is 4. The summed E-state index contributed by atoms with van der Waals surface area (Å²) in [5.41, 5.74) is 5.23. The normalized spacial score (nSPS) is 12.7. The second kappa shape index (κ2) is 18.8. The first kappa shape index (κ1) is 29.1. The van der Waals surface area contributed by atoms with Gasteiger partial charge < -0.3 is 21.2 Å². The SMILES string of the molecule is CCCCCCCCCCCCCC(=O)N[C@H](CC(N)=O)C(=O)N[C@@H](C)CCC(C)=O. The van der Waals surface area contributed by atoms with E-state index in [1.807, 2.05) is 0 Å². The van der Waals surface area contributed by atoms with Crippen LogP contribution >= 0.6 is 0 Å². The molecule has 0 aromatic rings. The molecular formula is C24H45N3O4. The summed E-state index contributed by atoms with van der Waals surface area (Å²) in [5.74, 6) is -1.28. The van der Waals surface area contributed by atoms with Crippen LogP contribution in [-0.2, 0) is 19.2 Å². The van der Waals surface area contributed by atoms with Crippen molar-refractivity contribution in [3.63, 3.8) is 0 Å². The van der Waals surface area contributed by atoms with Crippen LogP contribution in [0.25, 0.3) is 0 Å². The van der Waals surface area contributed by atoms with Crippen molar-refractivity contribution < 1.29 is 19.2 Å². The van der Waals surface area contributed by atoms with E-state index in [1.54, 1.807) is 6.92 Å². The van der Waals surface area contributed by atoms with Crippen molar-refractivity contribution >= 4 is 23.5 Å². The highest BCUT2D eigenvalue weighted by Gasteiger charge is 2.23. The first-order valence-corrected chi connectivity index (χ1v) is 12.1. The fraction of sp³-hybridized carbons (Fsp3) is 0.833. The Hall–Kier alpha value is -1.92. The minimum atomic E-state index is -0.975. The number of primary amides is 1. The Morgan fingerprint density at radius 1 is 0.774 bits per heavy atom. The lowest BCUT2D eigenvalue weighted by molar-refractivity contribution is -0.131. The summed E-state index contributed by atoms with van der Waals surface area (Å²) in [7, 11) is 0. The van der Waals surface area contributed by atoms with E-state index < -0.39 is 17.9 Å². The van der Waals surface area contributed by atoms with Gasteiger partial charge in [0.2, 0.25) is 17.7 Å². The monoisotopic (exact) mass is 439 g/mol. The Morgan fingerprint density at radius 3 is 1.77 bits per heavy atom. The third kappa shape index (κ3) is 18.6. The number of carbonyl (C=O) groups excluding carboxylic acids is 4. The Balaban J connectivity index is 4.07. The smallest absolute Gasteiger partial charge is 0.243 e. The molecule has 0 heterocycles. The van der Waals surface area contributed by atoms with E-state index in [0.29, 0.717) is 19.3 Å². The molecule has 0 radical (unpaired) electrons. The maximum Gasteiger partial charge on any atom is 0.243 e.